The zero-order chi connectivity index (χ0) is 14.2. The van der Waals surface area contributed by atoms with Crippen LogP contribution in [-0.4, -0.2) is 25.2 Å². The van der Waals surface area contributed by atoms with Gasteiger partial charge in [-0.3, -0.25) is 4.79 Å². The van der Waals surface area contributed by atoms with Crippen molar-refractivity contribution in [2.75, 3.05) is 13.2 Å². The Balaban J connectivity index is 3.93. The van der Waals surface area contributed by atoms with Crippen molar-refractivity contribution in [3.63, 3.8) is 0 Å². The SMILES string of the molecule is C=C(C)C(=O)OCCCC(C)(C)C(=O)OCCC. The fourth-order valence-electron chi connectivity index (χ4n) is 1.29. The summed E-state index contributed by atoms with van der Waals surface area (Å²) in [6.45, 7) is 11.5. The molecule has 0 N–H and O–H groups in total. The smallest absolute Gasteiger partial charge is 0.333 e. The van der Waals surface area contributed by atoms with Crippen molar-refractivity contribution in [2.24, 2.45) is 5.41 Å². The van der Waals surface area contributed by atoms with E-state index in [-0.39, 0.29) is 11.9 Å². The first-order chi connectivity index (χ1) is 8.31. The first-order valence-electron chi connectivity index (χ1n) is 6.31. The number of carbonyl (C=O) groups is 2. The van der Waals surface area contributed by atoms with Crippen LogP contribution in [-0.2, 0) is 19.1 Å². The summed E-state index contributed by atoms with van der Waals surface area (Å²) in [4.78, 5) is 22.8. The third kappa shape index (κ3) is 6.42. The van der Waals surface area contributed by atoms with Gasteiger partial charge in [0, 0.05) is 5.57 Å². The van der Waals surface area contributed by atoms with Crippen LogP contribution in [0.3, 0.4) is 0 Å². The van der Waals surface area contributed by atoms with Crippen LogP contribution in [0.1, 0.15) is 47.0 Å². The molecule has 0 fully saturated rings. The summed E-state index contributed by atoms with van der Waals surface area (Å²) in [5, 5.41) is 0. The molecule has 0 rings (SSSR count). The molecule has 0 atom stereocenters. The summed E-state index contributed by atoms with van der Waals surface area (Å²) in [6.07, 6.45) is 2.07. The molecule has 0 aromatic carbocycles. The van der Waals surface area contributed by atoms with Crippen LogP contribution in [0.4, 0.5) is 0 Å². The minimum atomic E-state index is -0.537. The van der Waals surface area contributed by atoms with Crippen molar-refractivity contribution in [1.82, 2.24) is 0 Å². The summed E-state index contributed by atoms with van der Waals surface area (Å²) in [6, 6.07) is 0. The monoisotopic (exact) mass is 256 g/mol. The van der Waals surface area contributed by atoms with Gasteiger partial charge in [-0.25, -0.2) is 4.79 Å². The quantitative estimate of drug-likeness (QED) is 0.380. The van der Waals surface area contributed by atoms with E-state index in [1.165, 1.54) is 0 Å². The average Bonchev–Trinajstić information content (AvgIpc) is 2.30. The van der Waals surface area contributed by atoms with Crippen molar-refractivity contribution < 1.29 is 19.1 Å². The van der Waals surface area contributed by atoms with Gasteiger partial charge < -0.3 is 9.47 Å². The summed E-state index contributed by atoms with van der Waals surface area (Å²) in [7, 11) is 0. The van der Waals surface area contributed by atoms with Crippen LogP contribution in [0.25, 0.3) is 0 Å². The Labute approximate surface area is 109 Å². The highest BCUT2D eigenvalue weighted by Gasteiger charge is 2.28. The molecular weight excluding hydrogens is 232 g/mol. The third-order valence-corrected chi connectivity index (χ3v) is 2.52. The largest absolute Gasteiger partial charge is 0.465 e. The molecule has 0 radical (unpaired) electrons. The maximum absolute atomic E-state index is 11.7. The van der Waals surface area contributed by atoms with E-state index >= 15 is 0 Å². The second-order valence-corrected chi connectivity index (χ2v) is 5.04. The Morgan fingerprint density at radius 3 is 2.28 bits per heavy atom. The minimum absolute atomic E-state index is 0.199. The lowest BCUT2D eigenvalue weighted by Gasteiger charge is -2.22. The molecule has 0 spiro atoms. The molecule has 104 valence electrons. The standard InChI is InChI=1S/C14H24O4/c1-6-9-18-13(16)14(4,5)8-7-10-17-12(15)11(2)3/h2,6-10H2,1,3-5H3. The van der Waals surface area contributed by atoms with Gasteiger partial charge in [0.2, 0.25) is 0 Å². The van der Waals surface area contributed by atoms with Gasteiger partial charge >= 0.3 is 11.9 Å². The third-order valence-electron chi connectivity index (χ3n) is 2.52. The molecule has 0 bridgehead atoms. The number of esters is 2. The van der Waals surface area contributed by atoms with Gasteiger partial charge in [-0.2, -0.15) is 0 Å². The Morgan fingerprint density at radius 2 is 1.78 bits per heavy atom. The maximum Gasteiger partial charge on any atom is 0.333 e. The van der Waals surface area contributed by atoms with Crippen LogP contribution in [0.2, 0.25) is 0 Å². The van der Waals surface area contributed by atoms with Crippen molar-refractivity contribution in [3.05, 3.63) is 12.2 Å². The molecule has 0 aliphatic heterocycles. The number of rotatable bonds is 8. The lowest BCUT2D eigenvalue weighted by atomic mass is 9.88. The summed E-state index contributed by atoms with van der Waals surface area (Å²) < 4.78 is 10.1. The van der Waals surface area contributed by atoms with Crippen LogP contribution in [0.5, 0.6) is 0 Å². The van der Waals surface area contributed by atoms with Crippen LogP contribution in [0.15, 0.2) is 12.2 Å². The first kappa shape index (κ1) is 16.7. The molecule has 0 aromatic heterocycles. The zero-order valence-corrected chi connectivity index (χ0v) is 11.9. The van der Waals surface area contributed by atoms with Crippen LogP contribution in [0, 0.1) is 5.41 Å². The van der Waals surface area contributed by atoms with E-state index in [0.29, 0.717) is 31.6 Å². The molecule has 0 unspecified atom stereocenters. The lowest BCUT2D eigenvalue weighted by Crippen LogP contribution is -2.27. The second-order valence-electron chi connectivity index (χ2n) is 5.04. The van der Waals surface area contributed by atoms with Crippen molar-refractivity contribution in [3.8, 4) is 0 Å². The number of hydrogen-bond acceptors (Lipinski definition) is 4. The minimum Gasteiger partial charge on any atom is -0.465 e. The molecule has 18 heavy (non-hydrogen) atoms. The maximum atomic E-state index is 11.7. The van der Waals surface area contributed by atoms with Crippen LogP contribution >= 0.6 is 0 Å². The topological polar surface area (TPSA) is 52.6 Å². The predicted molar refractivity (Wildman–Crippen MR) is 70.0 cm³/mol. The van der Waals surface area contributed by atoms with E-state index in [2.05, 4.69) is 6.58 Å². The highest BCUT2D eigenvalue weighted by atomic mass is 16.5. The number of ether oxygens (including phenoxy) is 2. The molecule has 4 nitrogen and oxygen atoms in total. The predicted octanol–water partition coefficient (Wildman–Crippen LogP) is 2.87. The van der Waals surface area contributed by atoms with E-state index in [0.717, 1.165) is 6.42 Å². The van der Waals surface area contributed by atoms with Crippen molar-refractivity contribution in [1.29, 1.82) is 0 Å². The van der Waals surface area contributed by atoms with Gasteiger partial charge in [0.25, 0.3) is 0 Å². The molecule has 0 aliphatic rings. The zero-order valence-electron chi connectivity index (χ0n) is 11.9. The fraction of sp³-hybridized carbons (Fsp3) is 0.714. The van der Waals surface area contributed by atoms with E-state index in [9.17, 15) is 9.59 Å². The highest BCUT2D eigenvalue weighted by molar-refractivity contribution is 5.86. The average molecular weight is 256 g/mol. The van der Waals surface area contributed by atoms with E-state index < -0.39 is 5.41 Å². The van der Waals surface area contributed by atoms with E-state index in [1.807, 2.05) is 20.8 Å². The van der Waals surface area contributed by atoms with Gasteiger partial charge in [-0.1, -0.05) is 13.5 Å². The molecular formula is C14H24O4. The van der Waals surface area contributed by atoms with Crippen LogP contribution < -0.4 is 0 Å². The van der Waals surface area contributed by atoms with E-state index in [1.54, 1.807) is 6.92 Å². The fourth-order valence-corrected chi connectivity index (χ4v) is 1.29. The van der Waals surface area contributed by atoms with Crippen molar-refractivity contribution in [2.45, 2.75) is 47.0 Å². The van der Waals surface area contributed by atoms with Crippen molar-refractivity contribution >= 4 is 11.9 Å². The Morgan fingerprint density at radius 1 is 1.17 bits per heavy atom. The Hall–Kier alpha value is -1.32. The molecule has 0 aliphatic carbocycles. The lowest BCUT2D eigenvalue weighted by molar-refractivity contribution is -0.154. The normalized spacial score (nSPS) is 10.9. The van der Waals surface area contributed by atoms with Gasteiger partial charge in [0.1, 0.15) is 0 Å². The summed E-state index contributed by atoms with van der Waals surface area (Å²) >= 11 is 0. The molecule has 0 amide bonds. The summed E-state index contributed by atoms with van der Waals surface area (Å²) in [5.74, 6) is -0.586. The van der Waals surface area contributed by atoms with Gasteiger partial charge in [-0.15, -0.1) is 0 Å². The molecule has 0 heterocycles. The number of carbonyl (C=O) groups excluding carboxylic acids is 2. The van der Waals surface area contributed by atoms with Gasteiger partial charge in [0.05, 0.1) is 18.6 Å². The Kier molecular flexibility index (Phi) is 7.32. The van der Waals surface area contributed by atoms with Gasteiger partial charge in [-0.05, 0) is 40.0 Å². The molecule has 0 aromatic rings. The number of hydrogen-bond donors (Lipinski definition) is 0. The highest BCUT2D eigenvalue weighted by Crippen LogP contribution is 2.24. The summed E-state index contributed by atoms with van der Waals surface area (Å²) in [5.41, 5.74) is -0.151. The molecule has 0 saturated carbocycles. The van der Waals surface area contributed by atoms with Gasteiger partial charge in [0.15, 0.2) is 0 Å². The molecule has 4 heteroatoms. The first-order valence-corrected chi connectivity index (χ1v) is 6.31. The van der Waals surface area contributed by atoms with E-state index in [4.69, 9.17) is 9.47 Å². The Bertz CT molecular complexity index is 305. The molecule has 0 saturated heterocycles. The second kappa shape index (κ2) is 7.90.